The second-order valence-electron chi connectivity index (χ2n) is 6.35. The molecule has 1 aromatic heterocycles. The zero-order chi connectivity index (χ0) is 15.0. The Bertz CT molecular complexity index is 695. The van der Waals surface area contributed by atoms with Crippen LogP contribution in [0.3, 0.4) is 0 Å². The Morgan fingerprint density at radius 2 is 2.14 bits per heavy atom. The fourth-order valence-electron chi connectivity index (χ4n) is 3.35. The third-order valence-electron chi connectivity index (χ3n) is 4.60. The van der Waals surface area contributed by atoms with E-state index in [-0.39, 0.29) is 0 Å². The number of hydrogen-bond acceptors (Lipinski definition) is 1. The normalized spacial score (nSPS) is 15.7. The molecule has 0 unspecified atom stereocenters. The summed E-state index contributed by atoms with van der Waals surface area (Å²) in [5, 5.41) is 1.42. The molecule has 0 saturated heterocycles. The molecule has 0 aliphatic carbocycles. The largest absolute Gasteiger partial charge is 0.358 e. The number of aromatic nitrogens is 1. The molecule has 3 heteroatoms. The fraction of sp³-hybridized carbons (Fsp3) is 0.500. The summed E-state index contributed by atoms with van der Waals surface area (Å²) < 4.78 is 2.45. The molecule has 0 fully saturated rings. The van der Waals surface area contributed by atoms with Crippen molar-refractivity contribution in [2.45, 2.75) is 43.9 Å². The first-order valence-corrected chi connectivity index (χ1v) is 9.07. The van der Waals surface area contributed by atoms with Gasteiger partial charge in [-0.15, -0.1) is 11.8 Å². The quantitative estimate of drug-likeness (QED) is 0.653. The van der Waals surface area contributed by atoms with E-state index in [0.29, 0.717) is 5.92 Å². The molecule has 1 aliphatic heterocycles. The average molecular weight is 301 g/mol. The molecule has 1 aromatic carbocycles. The van der Waals surface area contributed by atoms with Gasteiger partial charge in [0, 0.05) is 34.3 Å². The highest BCUT2D eigenvalue weighted by molar-refractivity contribution is 7.98. The van der Waals surface area contributed by atoms with Crippen LogP contribution in [0.4, 0.5) is 0 Å². The Morgan fingerprint density at radius 3 is 2.76 bits per heavy atom. The molecular weight excluding hydrogens is 276 g/mol. The summed E-state index contributed by atoms with van der Waals surface area (Å²) in [6, 6.07) is 6.80. The van der Waals surface area contributed by atoms with E-state index >= 15 is 0 Å². The maximum Gasteiger partial charge on any atom is 0.156 e. The number of hydrogen-bond donors (Lipinski definition) is 1. The van der Waals surface area contributed by atoms with Crippen LogP contribution in [0.25, 0.3) is 10.9 Å². The molecule has 0 spiro atoms. The van der Waals surface area contributed by atoms with Crippen LogP contribution in [0.1, 0.15) is 43.9 Å². The number of nitrogens with one attached hydrogen (secondary N) is 1. The topological polar surface area (TPSA) is 18.8 Å². The van der Waals surface area contributed by atoms with Crippen molar-refractivity contribution in [2.75, 3.05) is 19.8 Å². The van der Waals surface area contributed by atoms with E-state index in [1.165, 1.54) is 46.4 Å². The van der Waals surface area contributed by atoms with Crippen LogP contribution in [-0.2, 0) is 6.42 Å². The minimum atomic E-state index is 0.539. The third kappa shape index (κ3) is 2.76. The number of benzene rings is 1. The van der Waals surface area contributed by atoms with Gasteiger partial charge in [-0.25, -0.2) is 4.58 Å². The van der Waals surface area contributed by atoms with E-state index in [0.717, 1.165) is 6.42 Å². The molecule has 2 heterocycles. The lowest BCUT2D eigenvalue weighted by Crippen LogP contribution is -2.13. The van der Waals surface area contributed by atoms with Crippen LogP contribution in [-0.4, -0.2) is 35.1 Å². The van der Waals surface area contributed by atoms with Gasteiger partial charge >= 0.3 is 0 Å². The second-order valence-corrected chi connectivity index (χ2v) is 7.23. The summed E-state index contributed by atoms with van der Waals surface area (Å²) in [4.78, 5) is 5.01. The zero-order valence-corrected chi connectivity index (χ0v) is 14.3. The molecule has 2 aromatic rings. The van der Waals surface area contributed by atoms with Gasteiger partial charge in [0.05, 0.1) is 6.42 Å². The van der Waals surface area contributed by atoms with Crippen molar-refractivity contribution in [3.05, 3.63) is 29.5 Å². The Hall–Kier alpha value is -1.22. The lowest BCUT2D eigenvalue weighted by molar-refractivity contribution is -0.489. The summed E-state index contributed by atoms with van der Waals surface area (Å²) in [5.41, 5.74) is 5.80. The number of nitrogens with zero attached hydrogens (tertiary/aromatic N) is 1. The van der Waals surface area contributed by atoms with Crippen LogP contribution in [0, 0.1) is 0 Å². The van der Waals surface area contributed by atoms with E-state index in [1.807, 2.05) is 11.8 Å². The number of H-pyrrole nitrogens is 1. The van der Waals surface area contributed by atoms with E-state index in [4.69, 9.17) is 0 Å². The molecule has 0 amide bonds. The fourth-order valence-corrected chi connectivity index (χ4v) is 3.79. The first-order valence-electron chi connectivity index (χ1n) is 7.84. The van der Waals surface area contributed by atoms with Crippen molar-refractivity contribution in [1.82, 2.24) is 4.98 Å². The zero-order valence-electron chi connectivity index (χ0n) is 13.5. The Labute approximate surface area is 131 Å². The molecule has 2 nitrogen and oxygen atoms in total. The SMILES string of the molecule is CSc1ccc2[nH]c(C(C)C)c(CC3=[N+](C)CCC3)c2c1. The van der Waals surface area contributed by atoms with Crippen molar-refractivity contribution in [1.29, 1.82) is 0 Å². The molecule has 21 heavy (non-hydrogen) atoms. The minimum Gasteiger partial charge on any atom is -0.358 e. The highest BCUT2D eigenvalue weighted by Gasteiger charge is 2.23. The van der Waals surface area contributed by atoms with Gasteiger partial charge in [-0.05, 0) is 35.9 Å². The van der Waals surface area contributed by atoms with Gasteiger partial charge in [0.2, 0.25) is 0 Å². The molecule has 3 rings (SSSR count). The first-order chi connectivity index (χ1) is 10.1. The number of fused-ring (bicyclic) bond motifs is 1. The first kappa shape index (κ1) is 14.7. The van der Waals surface area contributed by atoms with Crippen LogP contribution in [0.5, 0.6) is 0 Å². The van der Waals surface area contributed by atoms with E-state index in [1.54, 1.807) is 5.71 Å². The van der Waals surface area contributed by atoms with Gasteiger partial charge in [-0.1, -0.05) is 13.8 Å². The van der Waals surface area contributed by atoms with Gasteiger partial charge in [-0.3, -0.25) is 0 Å². The standard InChI is InChI=1S/C18H25N2S/c1-12(2)18-16(10-13-6-5-9-20(13)3)15-11-14(21-4)7-8-17(15)19-18/h7-8,11-12,19H,5-6,9-10H2,1-4H3/q+1. The maximum absolute atomic E-state index is 3.66. The Kier molecular flexibility index (Phi) is 4.12. The summed E-state index contributed by atoms with van der Waals surface area (Å²) in [6.07, 6.45) is 5.81. The number of thioether (sulfide) groups is 1. The predicted octanol–water partition coefficient (Wildman–Crippen LogP) is 4.43. The van der Waals surface area contributed by atoms with Gasteiger partial charge in [0.1, 0.15) is 13.6 Å². The Morgan fingerprint density at radius 1 is 1.33 bits per heavy atom. The molecule has 1 N–H and O–H groups in total. The molecular formula is C18H25N2S+. The molecule has 0 saturated carbocycles. The third-order valence-corrected chi connectivity index (χ3v) is 5.33. The lowest BCUT2D eigenvalue weighted by atomic mass is 9.98. The maximum atomic E-state index is 3.66. The van der Waals surface area contributed by atoms with Crippen LogP contribution < -0.4 is 0 Å². The van der Waals surface area contributed by atoms with Gasteiger partial charge < -0.3 is 4.98 Å². The van der Waals surface area contributed by atoms with Crippen molar-refractivity contribution in [3.63, 3.8) is 0 Å². The van der Waals surface area contributed by atoms with Gasteiger partial charge in [0.25, 0.3) is 0 Å². The van der Waals surface area contributed by atoms with Crippen LogP contribution in [0.2, 0.25) is 0 Å². The smallest absolute Gasteiger partial charge is 0.156 e. The number of rotatable bonds is 4. The summed E-state index contributed by atoms with van der Waals surface area (Å²) in [5.74, 6) is 0.539. The van der Waals surface area contributed by atoms with Crippen molar-refractivity contribution >= 4 is 28.4 Å². The summed E-state index contributed by atoms with van der Waals surface area (Å²) in [6.45, 7) is 5.78. The average Bonchev–Trinajstić information content (AvgIpc) is 3.03. The minimum absolute atomic E-state index is 0.539. The lowest BCUT2D eigenvalue weighted by Gasteiger charge is -2.07. The van der Waals surface area contributed by atoms with E-state index in [9.17, 15) is 0 Å². The molecule has 112 valence electrons. The van der Waals surface area contributed by atoms with Crippen LogP contribution >= 0.6 is 11.8 Å². The second kappa shape index (κ2) is 5.88. The van der Waals surface area contributed by atoms with Crippen molar-refractivity contribution in [2.24, 2.45) is 0 Å². The highest BCUT2D eigenvalue weighted by Crippen LogP contribution is 2.31. The van der Waals surface area contributed by atoms with Crippen molar-refractivity contribution < 1.29 is 4.58 Å². The molecule has 0 bridgehead atoms. The number of aromatic amines is 1. The Balaban J connectivity index is 2.12. The van der Waals surface area contributed by atoms with Crippen molar-refractivity contribution in [3.8, 4) is 0 Å². The predicted molar refractivity (Wildman–Crippen MR) is 93.2 cm³/mol. The molecule has 0 atom stereocenters. The van der Waals surface area contributed by atoms with E-state index in [2.05, 4.69) is 54.9 Å². The molecule has 0 radical (unpaired) electrons. The van der Waals surface area contributed by atoms with Gasteiger partial charge in [0.15, 0.2) is 5.71 Å². The monoisotopic (exact) mass is 301 g/mol. The van der Waals surface area contributed by atoms with Crippen LogP contribution in [0.15, 0.2) is 23.1 Å². The van der Waals surface area contributed by atoms with Gasteiger partial charge in [-0.2, -0.15) is 0 Å². The summed E-state index contributed by atoms with van der Waals surface area (Å²) >= 11 is 1.82. The highest BCUT2D eigenvalue weighted by atomic mass is 32.2. The molecule has 1 aliphatic rings. The summed E-state index contributed by atoms with van der Waals surface area (Å²) in [7, 11) is 2.24. The van der Waals surface area contributed by atoms with E-state index < -0.39 is 0 Å².